The lowest BCUT2D eigenvalue weighted by atomic mass is 10.1. The number of hydrogen-bond acceptors (Lipinski definition) is 5. The van der Waals surface area contributed by atoms with E-state index in [1.807, 2.05) is 4.57 Å². The summed E-state index contributed by atoms with van der Waals surface area (Å²) in [5.41, 5.74) is -0.130. The minimum Gasteiger partial charge on any atom is -0.379 e. The first-order valence-electron chi connectivity index (χ1n) is 8.23. The lowest BCUT2D eigenvalue weighted by molar-refractivity contribution is 0.139. The standard InChI is InChI=1S/C16H20F2N4O3S/c1-26(23,24)21(7-5-12-13(17)3-2-4-14(12)18)11-16-20-19-15-6-9-25-10-8-22(15)16/h2-4H,5-11H2,1H3. The average molecular weight is 386 g/mol. The summed E-state index contributed by atoms with van der Waals surface area (Å²) < 4.78 is 60.3. The van der Waals surface area contributed by atoms with Crippen molar-refractivity contribution in [1.82, 2.24) is 19.1 Å². The third-order valence-electron chi connectivity index (χ3n) is 4.29. The second-order valence-corrected chi connectivity index (χ2v) is 8.08. The van der Waals surface area contributed by atoms with E-state index in [9.17, 15) is 17.2 Å². The van der Waals surface area contributed by atoms with E-state index >= 15 is 0 Å². The van der Waals surface area contributed by atoms with Crippen molar-refractivity contribution in [2.75, 3.05) is 26.0 Å². The molecule has 3 rings (SSSR count). The van der Waals surface area contributed by atoms with Crippen LogP contribution in [0.1, 0.15) is 17.2 Å². The molecule has 1 aliphatic rings. The van der Waals surface area contributed by atoms with E-state index in [4.69, 9.17) is 4.74 Å². The minimum absolute atomic E-state index is 0.0120. The SMILES string of the molecule is CS(=O)(=O)N(CCc1c(F)cccc1F)Cc1nnc2n1CCOCC2. The van der Waals surface area contributed by atoms with E-state index in [0.29, 0.717) is 32.0 Å². The van der Waals surface area contributed by atoms with Crippen LogP contribution in [0.2, 0.25) is 0 Å². The zero-order chi connectivity index (χ0) is 18.7. The second-order valence-electron chi connectivity index (χ2n) is 6.09. The first-order chi connectivity index (χ1) is 12.4. The number of nitrogens with zero attached hydrogens (tertiary/aromatic N) is 4. The molecule has 0 fully saturated rings. The largest absolute Gasteiger partial charge is 0.379 e. The Labute approximate surface area is 150 Å². The summed E-state index contributed by atoms with van der Waals surface area (Å²) in [4.78, 5) is 0. The van der Waals surface area contributed by atoms with Gasteiger partial charge in [-0.2, -0.15) is 4.31 Å². The van der Waals surface area contributed by atoms with Crippen LogP contribution in [0.15, 0.2) is 18.2 Å². The topological polar surface area (TPSA) is 77.3 Å². The van der Waals surface area contributed by atoms with Crippen molar-refractivity contribution in [3.05, 3.63) is 47.0 Å². The number of sulfonamides is 1. The number of rotatable bonds is 6. The number of halogens is 2. The molecule has 0 amide bonds. The van der Waals surface area contributed by atoms with Crippen LogP contribution in [0.25, 0.3) is 0 Å². The predicted octanol–water partition coefficient (Wildman–Crippen LogP) is 1.13. The van der Waals surface area contributed by atoms with Gasteiger partial charge >= 0.3 is 0 Å². The number of benzene rings is 1. The van der Waals surface area contributed by atoms with Crippen LogP contribution in [0.4, 0.5) is 8.78 Å². The van der Waals surface area contributed by atoms with Gasteiger partial charge in [0.25, 0.3) is 0 Å². The molecule has 0 unspecified atom stereocenters. The zero-order valence-corrected chi connectivity index (χ0v) is 15.2. The Morgan fingerprint density at radius 1 is 1.23 bits per heavy atom. The van der Waals surface area contributed by atoms with Gasteiger partial charge in [-0.25, -0.2) is 17.2 Å². The highest BCUT2D eigenvalue weighted by Gasteiger charge is 2.23. The van der Waals surface area contributed by atoms with E-state index in [0.717, 1.165) is 28.5 Å². The molecule has 1 aliphatic heterocycles. The van der Waals surface area contributed by atoms with Crippen LogP contribution in [-0.4, -0.2) is 53.5 Å². The van der Waals surface area contributed by atoms with Crippen LogP contribution in [-0.2, 0) is 40.7 Å². The fourth-order valence-corrected chi connectivity index (χ4v) is 3.65. The molecule has 0 spiro atoms. The van der Waals surface area contributed by atoms with Crippen molar-refractivity contribution < 1.29 is 21.9 Å². The van der Waals surface area contributed by atoms with E-state index in [-0.39, 0.29) is 25.1 Å². The van der Waals surface area contributed by atoms with Crippen molar-refractivity contribution in [2.24, 2.45) is 0 Å². The molecule has 0 bridgehead atoms. The fraction of sp³-hybridized carbons (Fsp3) is 0.500. The molecule has 142 valence electrons. The van der Waals surface area contributed by atoms with Crippen LogP contribution < -0.4 is 0 Å². The van der Waals surface area contributed by atoms with Gasteiger partial charge in [0.1, 0.15) is 23.3 Å². The Balaban J connectivity index is 1.79. The van der Waals surface area contributed by atoms with Crippen molar-refractivity contribution in [3.63, 3.8) is 0 Å². The summed E-state index contributed by atoms with van der Waals surface area (Å²) in [6.45, 7) is 1.51. The fourth-order valence-electron chi connectivity index (χ4n) is 2.88. The van der Waals surface area contributed by atoms with Crippen molar-refractivity contribution in [1.29, 1.82) is 0 Å². The van der Waals surface area contributed by atoms with Gasteiger partial charge in [-0.15, -0.1) is 10.2 Å². The highest BCUT2D eigenvalue weighted by atomic mass is 32.2. The van der Waals surface area contributed by atoms with E-state index in [1.54, 1.807) is 0 Å². The van der Waals surface area contributed by atoms with E-state index in [1.165, 1.54) is 6.07 Å². The van der Waals surface area contributed by atoms with Gasteiger partial charge in [-0.1, -0.05) is 6.07 Å². The summed E-state index contributed by atoms with van der Waals surface area (Å²) in [7, 11) is -3.60. The Kier molecular flexibility index (Phi) is 5.64. The Morgan fingerprint density at radius 3 is 2.65 bits per heavy atom. The number of fused-ring (bicyclic) bond motifs is 1. The summed E-state index contributed by atoms with van der Waals surface area (Å²) in [5, 5.41) is 8.18. The summed E-state index contributed by atoms with van der Waals surface area (Å²) in [6.07, 6.45) is 1.59. The summed E-state index contributed by atoms with van der Waals surface area (Å²) in [6, 6.07) is 3.58. The van der Waals surface area contributed by atoms with Crippen molar-refractivity contribution >= 4 is 10.0 Å². The van der Waals surface area contributed by atoms with Gasteiger partial charge in [-0.05, 0) is 18.6 Å². The molecule has 0 radical (unpaired) electrons. The lowest BCUT2D eigenvalue weighted by Gasteiger charge is -2.20. The third-order valence-corrected chi connectivity index (χ3v) is 5.54. The van der Waals surface area contributed by atoms with Crippen LogP contribution in [0.5, 0.6) is 0 Å². The molecule has 0 saturated carbocycles. The number of ether oxygens (including phenoxy) is 1. The maximum absolute atomic E-state index is 13.8. The Hall–Kier alpha value is -1.91. The van der Waals surface area contributed by atoms with E-state index in [2.05, 4.69) is 10.2 Å². The van der Waals surface area contributed by atoms with Crippen LogP contribution in [0.3, 0.4) is 0 Å². The number of aromatic nitrogens is 3. The maximum Gasteiger partial charge on any atom is 0.211 e. The second kappa shape index (κ2) is 7.77. The van der Waals surface area contributed by atoms with Gasteiger partial charge in [0.2, 0.25) is 10.0 Å². The molecule has 10 heteroatoms. The highest BCUT2D eigenvalue weighted by molar-refractivity contribution is 7.88. The molecule has 2 heterocycles. The monoisotopic (exact) mass is 386 g/mol. The highest BCUT2D eigenvalue weighted by Crippen LogP contribution is 2.16. The molecule has 0 N–H and O–H groups in total. The lowest BCUT2D eigenvalue weighted by Crippen LogP contribution is -2.33. The maximum atomic E-state index is 13.8. The first kappa shape index (κ1) is 18.9. The first-order valence-corrected chi connectivity index (χ1v) is 10.1. The number of hydrogen-bond donors (Lipinski definition) is 0. The molecule has 7 nitrogen and oxygen atoms in total. The molecular weight excluding hydrogens is 366 g/mol. The molecule has 1 aromatic carbocycles. The molecule has 0 aliphatic carbocycles. The zero-order valence-electron chi connectivity index (χ0n) is 14.4. The smallest absolute Gasteiger partial charge is 0.211 e. The summed E-state index contributed by atoms with van der Waals surface area (Å²) >= 11 is 0. The molecule has 0 saturated heterocycles. The Bertz CT molecular complexity index is 865. The van der Waals surface area contributed by atoms with Gasteiger partial charge in [0.15, 0.2) is 0 Å². The van der Waals surface area contributed by atoms with Crippen molar-refractivity contribution in [3.8, 4) is 0 Å². The molecule has 26 heavy (non-hydrogen) atoms. The van der Waals surface area contributed by atoms with Crippen molar-refractivity contribution in [2.45, 2.75) is 25.9 Å². The van der Waals surface area contributed by atoms with Crippen LogP contribution in [0, 0.1) is 11.6 Å². The normalized spacial score (nSPS) is 15.1. The quantitative estimate of drug-likeness (QED) is 0.744. The third kappa shape index (κ3) is 4.25. The average Bonchev–Trinajstić information content (AvgIpc) is 2.79. The minimum atomic E-state index is -3.60. The molecule has 0 atom stereocenters. The van der Waals surface area contributed by atoms with Gasteiger partial charge < -0.3 is 9.30 Å². The molecular formula is C16H20F2N4O3S. The van der Waals surface area contributed by atoms with E-state index < -0.39 is 21.7 Å². The predicted molar refractivity (Wildman–Crippen MR) is 89.9 cm³/mol. The molecule has 1 aromatic heterocycles. The van der Waals surface area contributed by atoms with Crippen LogP contribution >= 0.6 is 0 Å². The molecule has 2 aromatic rings. The van der Waals surface area contributed by atoms with Gasteiger partial charge in [0, 0.05) is 25.1 Å². The summed E-state index contributed by atoms with van der Waals surface area (Å²) in [5.74, 6) is -0.144. The Morgan fingerprint density at radius 2 is 1.96 bits per heavy atom. The van der Waals surface area contributed by atoms with Gasteiger partial charge in [-0.3, -0.25) is 0 Å². The van der Waals surface area contributed by atoms with Gasteiger partial charge in [0.05, 0.1) is 26.0 Å².